The highest BCUT2D eigenvalue weighted by molar-refractivity contribution is 8.02. The number of aromatic nitrogens is 2. The predicted octanol–water partition coefficient (Wildman–Crippen LogP) is 3.68. The molecule has 24 heavy (non-hydrogen) atoms. The van der Waals surface area contributed by atoms with Gasteiger partial charge < -0.3 is 10.6 Å². The topological polar surface area (TPSA) is 84.0 Å². The van der Waals surface area contributed by atoms with Crippen molar-refractivity contribution in [1.29, 1.82) is 0 Å². The molecule has 1 atom stereocenters. The van der Waals surface area contributed by atoms with Crippen molar-refractivity contribution in [3.8, 4) is 0 Å². The molecular weight excluding hydrogens is 344 g/mol. The molecule has 2 rings (SSSR count). The Hall–Kier alpha value is -1.93. The normalized spacial score (nSPS) is 12.0. The van der Waals surface area contributed by atoms with Gasteiger partial charge in [0.05, 0.1) is 5.25 Å². The lowest BCUT2D eigenvalue weighted by Gasteiger charge is -2.10. The summed E-state index contributed by atoms with van der Waals surface area (Å²) in [6.45, 7) is 7.36. The molecule has 2 N–H and O–H groups in total. The first-order chi connectivity index (χ1) is 11.3. The largest absolute Gasteiger partial charge is 0.358 e. The lowest BCUT2D eigenvalue weighted by Crippen LogP contribution is -2.22. The molecule has 0 unspecified atom stereocenters. The second-order valence-electron chi connectivity index (χ2n) is 5.56. The SMILES string of the molecule is CC(=O)c1cccc(NC(=O)[C@@H](C)Sc2nnc(NC(C)C)s2)c1. The molecular formula is C16H20N4O2S2. The molecule has 0 bridgehead atoms. The fraction of sp³-hybridized carbons (Fsp3) is 0.375. The average molecular weight is 364 g/mol. The molecule has 1 heterocycles. The third kappa shape index (κ3) is 5.31. The smallest absolute Gasteiger partial charge is 0.237 e. The van der Waals surface area contributed by atoms with Crippen molar-refractivity contribution in [3.63, 3.8) is 0 Å². The Morgan fingerprint density at radius 3 is 2.62 bits per heavy atom. The van der Waals surface area contributed by atoms with Crippen molar-refractivity contribution in [2.75, 3.05) is 10.6 Å². The van der Waals surface area contributed by atoms with Crippen LogP contribution in [0.3, 0.4) is 0 Å². The van der Waals surface area contributed by atoms with E-state index in [0.29, 0.717) is 11.3 Å². The van der Waals surface area contributed by atoms with Crippen LogP contribution in [0.1, 0.15) is 38.1 Å². The number of amides is 1. The van der Waals surface area contributed by atoms with Gasteiger partial charge in [-0.1, -0.05) is 35.2 Å². The van der Waals surface area contributed by atoms with Crippen LogP contribution in [0, 0.1) is 0 Å². The molecule has 1 amide bonds. The first kappa shape index (κ1) is 18.4. The number of ketones is 1. The molecule has 0 aliphatic heterocycles. The van der Waals surface area contributed by atoms with E-state index >= 15 is 0 Å². The minimum absolute atomic E-state index is 0.0347. The summed E-state index contributed by atoms with van der Waals surface area (Å²) in [7, 11) is 0. The van der Waals surface area contributed by atoms with E-state index in [2.05, 4.69) is 20.8 Å². The first-order valence-corrected chi connectivity index (χ1v) is 9.23. The highest BCUT2D eigenvalue weighted by Crippen LogP contribution is 2.29. The highest BCUT2D eigenvalue weighted by atomic mass is 32.2. The fourth-order valence-corrected chi connectivity index (χ4v) is 3.87. The van der Waals surface area contributed by atoms with Gasteiger partial charge in [-0.3, -0.25) is 9.59 Å². The second kappa shape index (κ2) is 8.25. The molecule has 0 radical (unpaired) electrons. The van der Waals surface area contributed by atoms with Crippen LogP contribution < -0.4 is 10.6 Å². The number of thioether (sulfide) groups is 1. The Kier molecular flexibility index (Phi) is 6.33. The molecule has 0 spiro atoms. The number of hydrogen-bond donors (Lipinski definition) is 2. The Bertz CT molecular complexity index is 730. The van der Waals surface area contributed by atoms with Gasteiger partial charge in [0.1, 0.15) is 0 Å². The maximum absolute atomic E-state index is 12.3. The number of carbonyl (C=O) groups excluding carboxylic acids is 2. The van der Waals surface area contributed by atoms with Crippen molar-refractivity contribution in [3.05, 3.63) is 29.8 Å². The second-order valence-corrected chi connectivity index (χ2v) is 8.12. The van der Waals surface area contributed by atoms with Gasteiger partial charge in [-0.25, -0.2) is 0 Å². The Labute approximate surface area is 149 Å². The Balaban J connectivity index is 1.96. The van der Waals surface area contributed by atoms with Crippen molar-refractivity contribution >= 4 is 45.6 Å². The first-order valence-electron chi connectivity index (χ1n) is 7.53. The van der Waals surface area contributed by atoms with Crippen molar-refractivity contribution in [2.45, 2.75) is 43.3 Å². The minimum atomic E-state index is -0.328. The summed E-state index contributed by atoms with van der Waals surface area (Å²) in [6, 6.07) is 7.19. The van der Waals surface area contributed by atoms with E-state index in [9.17, 15) is 9.59 Å². The standard InChI is InChI=1S/C16H20N4O2S2/c1-9(2)17-15-19-20-16(24-15)23-11(4)14(22)18-13-7-5-6-12(8-13)10(3)21/h5-9,11H,1-4H3,(H,17,19)(H,18,22)/t11-/m1/s1. The number of hydrogen-bond acceptors (Lipinski definition) is 7. The summed E-state index contributed by atoms with van der Waals surface area (Å²) >= 11 is 2.78. The zero-order valence-electron chi connectivity index (χ0n) is 14.0. The number of nitrogens with one attached hydrogen (secondary N) is 2. The molecule has 0 saturated heterocycles. The molecule has 2 aromatic rings. The maximum atomic E-state index is 12.3. The maximum Gasteiger partial charge on any atom is 0.237 e. The molecule has 0 saturated carbocycles. The lowest BCUT2D eigenvalue weighted by atomic mass is 10.1. The molecule has 1 aromatic carbocycles. The quantitative estimate of drug-likeness (QED) is 0.576. The summed E-state index contributed by atoms with van der Waals surface area (Å²) in [5.41, 5.74) is 1.18. The number of carbonyl (C=O) groups is 2. The number of Topliss-reactive ketones (excluding diaryl/α,β-unsaturated/α-hetero) is 1. The molecule has 8 heteroatoms. The van der Waals surface area contributed by atoms with E-state index in [1.807, 2.05) is 20.8 Å². The van der Waals surface area contributed by atoms with E-state index in [0.717, 1.165) is 9.47 Å². The molecule has 1 aromatic heterocycles. The number of anilines is 2. The van der Waals surface area contributed by atoms with Gasteiger partial charge in [0.15, 0.2) is 10.1 Å². The molecule has 128 valence electrons. The third-order valence-corrected chi connectivity index (χ3v) is 5.04. The van der Waals surface area contributed by atoms with Crippen LogP contribution in [0.4, 0.5) is 10.8 Å². The van der Waals surface area contributed by atoms with E-state index in [1.54, 1.807) is 24.3 Å². The van der Waals surface area contributed by atoms with Crippen LogP contribution in [0.15, 0.2) is 28.6 Å². The van der Waals surface area contributed by atoms with Gasteiger partial charge in [0.25, 0.3) is 0 Å². The van der Waals surface area contributed by atoms with Crippen LogP contribution in [0.25, 0.3) is 0 Å². The lowest BCUT2D eigenvalue weighted by molar-refractivity contribution is -0.115. The van der Waals surface area contributed by atoms with Crippen molar-refractivity contribution in [1.82, 2.24) is 10.2 Å². The van der Waals surface area contributed by atoms with Gasteiger partial charge in [-0.2, -0.15) is 0 Å². The molecule has 0 aliphatic rings. The predicted molar refractivity (Wildman–Crippen MR) is 99.1 cm³/mol. The van der Waals surface area contributed by atoms with Crippen molar-refractivity contribution < 1.29 is 9.59 Å². The Morgan fingerprint density at radius 2 is 1.96 bits per heavy atom. The zero-order valence-corrected chi connectivity index (χ0v) is 15.6. The zero-order chi connectivity index (χ0) is 17.7. The third-order valence-electron chi connectivity index (χ3n) is 3.00. The van der Waals surface area contributed by atoms with Crippen molar-refractivity contribution in [2.24, 2.45) is 0 Å². The summed E-state index contributed by atoms with van der Waals surface area (Å²) < 4.78 is 0.735. The van der Waals surface area contributed by atoms with Crippen LogP contribution in [0.5, 0.6) is 0 Å². The van der Waals surface area contributed by atoms with Gasteiger partial charge in [0, 0.05) is 17.3 Å². The number of rotatable bonds is 7. The summed E-state index contributed by atoms with van der Waals surface area (Å²) in [5.74, 6) is -0.179. The fourth-order valence-electron chi connectivity index (χ4n) is 1.83. The summed E-state index contributed by atoms with van der Waals surface area (Å²) in [4.78, 5) is 23.7. The Morgan fingerprint density at radius 1 is 1.21 bits per heavy atom. The van der Waals surface area contributed by atoms with E-state index in [4.69, 9.17) is 0 Å². The van der Waals surface area contributed by atoms with Gasteiger partial charge in [-0.05, 0) is 39.8 Å². The minimum Gasteiger partial charge on any atom is -0.358 e. The highest BCUT2D eigenvalue weighted by Gasteiger charge is 2.18. The summed E-state index contributed by atoms with van der Waals surface area (Å²) in [6.07, 6.45) is 0. The molecule has 0 fully saturated rings. The van der Waals surface area contributed by atoms with E-state index < -0.39 is 0 Å². The average Bonchev–Trinajstić information content (AvgIpc) is 2.93. The number of benzene rings is 1. The van der Waals surface area contributed by atoms with E-state index in [1.165, 1.54) is 30.0 Å². The van der Waals surface area contributed by atoms with Gasteiger partial charge in [0.2, 0.25) is 11.0 Å². The van der Waals surface area contributed by atoms with Crippen LogP contribution in [-0.4, -0.2) is 33.2 Å². The van der Waals surface area contributed by atoms with Gasteiger partial charge in [-0.15, -0.1) is 10.2 Å². The molecule has 0 aliphatic carbocycles. The van der Waals surface area contributed by atoms with Crippen LogP contribution in [-0.2, 0) is 4.79 Å². The van der Waals surface area contributed by atoms with Crippen LogP contribution in [0.2, 0.25) is 0 Å². The van der Waals surface area contributed by atoms with E-state index in [-0.39, 0.29) is 23.0 Å². The molecule has 6 nitrogen and oxygen atoms in total. The summed E-state index contributed by atoms with van der Waals surface area (Å²) in [5, 5.41) is 14.6. The van der Waals surface area contributed by atoms with Gasteiger partial charge >= 0.3 is 0 Å². The number of nitrogens with zero attached hydrogens (tertiary/aromatic N) is 2. The monoisotopic (exact) mass is 364 g/mol. The van der Waals surface area contributed by atoms with Crippen LogP contribution >= 0.6 is 23.1 Å².